The highest BCUT2D eigenvalue weighted by molar-refractivity contribution is 6.42. The molecule has 0 saturated carbocycles. The van der Waals surface area contributed by atoms with Crippen molar-refractivity contribution in [1.82, 2.24) is 5.32 Å². The maximum absolute atomic E-state index is 13.0. The summed E-state index contributed by atoms with van der Waals surface area (Å²) in [5, 5.41) is 12.1. The standard InChI is InChI=1S/C18H18FNO4/c1-12-5-7-13(8-6-12)17(22)18(23)20-10-15(21)11-24-16-4-2-3-14(19)9-16/h2-9,15,21H,10-11H2,1H3,(H,20,23). The van der Waals surface area contributed by atoms with Gasteiger partial charge in [-0.1, -0.05) is 35.9 Å². The highest BCUT2D eigenvalue weighted by Crippen LogP contribution is 2.12. The van der Waals surface area contributed by atoms with Crippen molar-refractivity contribution in [2.75, 3.05) is 13.2 Å². The van der Waals surface area contributed by atoms with Crippen LogP contribution in [0.5, 0.6) is 5.75 Å². The van der Waals surface area contributed by atoms with Gasteiger partial charge >= 0.3 is 0 Å². The third kappa shape index (κ3) is 5.17. The number of amides is 1. The van der Waals surface area contributed by atoms with Crippen LogP contribution in [0.2, 0.25) is 0 Å². The summed E-state index contributed by atoms with van der Waals surface area (Å²) in [6.45, 7) is 1.59. The number of aliphatic hydroxyl groups is 1. The Kier molecular flexibility index (Phi) is 6.03. The minimum Gasteiger partial charge on any atom is -0.491 e. The van der Waals surface area contributed by atoms with E-state index in [9.17, 15) is 19.1 Å². The maximum atomic E-state index is 13.0. The van der Waals surface area contributed by atoms with Crippen LogP contribution in [0.3, 0.4) is 0 Å². The second kappa shape index (κ2) is 8.21. The lowest BCUT2D eigenvalue weighted by atomic mass is 10.1. The second-order valence-electron chi connectivity index (χ2n) is 5.33. The van der Waals surface area contributed by atoms with Gasteiger partial charge in [-0.15, -0.1) is 0 Å². The Morgan fingerprint density at radius 1 is 1.21 bits per heavy atom. The predicted octanol–water partition coefficient (Wildman–Crippen LogP) is 1.87. The first kappa shape index (κ1) is 17.6. The third-order valence-corrected chi connectivity index (χ3v) is 3.26. The topological polar surface area (TPSA) is 75.6 Å². The van der Waals surface area contributed by atoms with Crippen LogP contribution < -0.4 is 10.1 Å². The summed E-state index contributed by atoms with van der Waals surface area (Å²) in [5.74, 6) is -1.65. The summed E-state index contributed by atoms with van der Waals surface area (Å²) in [6, 6.07) is 12.1. The molecule has 0 aliphatic carbocycles. The van der Waals surface area contributed by atoms with Crippen LogP contribution in [0, 0.1) is 12.7 Å². The Balaban J connectivity index is 1.78. The first-order valence-electron chi connectivity index (χ1n) is 7.41. The average Bonchev–Trinajstić information content (AvgIpc) is 2.58. The van der Waals surface area contributed by atoms with E-state index in [1.165, 1.54) is 18.2 Å². The molecular weight excluding hydrogens is 313 g/mol. The molecule has 5 nitrogen and oxygen atoms in total. The molecule has 126 valence electrons. The largest absolute Gasteiger partial charge is 0.491 e. The molecule has 0 aromatic heterocycles. The van der Waals surface area contributed by atoms with E-state index in [1.807, 2.05) is 6.92 Å². The van der Waals surface area contributed by atoms with Gasteiger partial charge in [0.2, 0.25) is 5.78 Å². The number of aryl methyl sites for hydroxylation is 1. The SMILES string of the molecule is Cc1ccc(C(=O)C(=O)NCC(O)COc2cccc(F)c2)cc1. The number of benzene rings is 2. The Morgan fingerprint density at radius 2 is 1.92 bits per heavy atom. The molecule has 24 heavy (non-hydrogen) atoms. The quantitative estimate of drug-likeness (QED) is 0.600. The predicted molar refractivity (Wildman–Crippen MR) is 86.4 cm³/mol. The van der Waals surface area contributed by atoms with E-state index in [0.29, 0.717) is 0 Å². The molecule has 0 spiro atoms. The number of Topliss-reactive ketones (excluding diaryl/α,β-unsaturated/α-hetero) is 1. The summed E-state index contributed by atoms with van der Waals surface area (Å²) in [5.41, 5.74) is 1.26. The van der Waals surface area contributed by atoms with Crippen molar-refractivity contribution >= 4 is 11.7 Å². The van der Waals surface area contributed by atoms with Gasteiger partial charge in [0.25, 0.3) is 5.91 Å². The van der Waals surface area contributed by atoms with Crippen LogP contribution >= 0.6 is 0 Å². The van der Waals surface area contributed by atoms with E-state index in [-0.39, 0.29) is 24.5 Å². The fourth-order valence-electron chi connectivity index (χ4n) is 1.93. The zero-order valence-electron chi connectivity index (χ0n) is 13.2. The average molecular weight is 331 g/mol. The lowest BCUT2D eigenvalue weighted by Gasteiger charge is -2.13. The summed E-state index contributed by atoms with van der Waals surface area (Å²) in [6.07, 6.45) is -1.02. The molecule has 0 bridgehead atoms. The summed E-state index contributed by atoms with van der Waals surface area (Å²) < 4.78 is 18.2. The number of carbonyl (C=O) groups is 2. The zero-order chi connectivity index (χ0) is 17.5. The fraction of sp³-hybridized carbons (Fsp3) is 0.222. The second-order valence-corrected chi connectivity index (χ2v) is 5.33. The molecule has 1 unspecified atom stereocenters. The lowest BCUT2D eigenvalue weighted by Crippen LogP contribution is -2.38. The van der Waals surface area contributed by atoms with Gasteiger partial charge in [0.05, 0.1) is 0 Å². The first-order valence-corrected chi connectivity index (χ1v) is 7.41. The van der Waals surface area contributed by atoms with E-state index in [2.05, 4.69) is 5.32 Å². The highest BCUT2D eigenvalue weighted by Gasteiger charge is 2.17. The van der Waals surface area contributed by atoms with E-state index in [1.54, 1.807) is 30.3 Å². The summed E-state index contributed by atoms with van der Waals surface area (Å²) in [7, 11) is 0. The van der Waals surface area contributed by atoms with E-state index in [0.717, 1.165) is 5.56 Å². The van der Waals surface area contributed by atoms with Crippen molar-refractivity contribution in [2.45, 2.75) is 13.0 Å². The van der Waals surface area contributed by atoms with Crippen LogP contribution in [0.25, 0.3) is 0 Å². The molecule has 0 radical (unpaired) electrons. The highest BCUT2D eigenvalue weighted by atomic mass is 19.1. The number of hydrogen-bond donors (Lipinski definition) is 2. The Morgan fingerprint density at radius 3 is 2.58 bits per heavy atom. The molecule has 1 atom stereocenters. The number of aliphatic hydroxyl groups excluding tert-OH is 1. The Labute approximate surface area is 139 Å². The number of ether oxygens (including phenoxy) is 1. The van der Waals surface area contributed by atoms with Gasteiger partial charge in [-0.3, -0.25) is 9.59 Å². The van der Waals surface area contributed by atoms with E-state index in [4.69, 9.17) is 4.74 Å². The number of carbonyl (C=O) groups excluding carboxylic acids is 2. The molecule has 0 fully saturated rings. The summed E-state index contributed by atoms with van der Waals surface area (Å²) in [4.78, 5) is 23.7. The zero-order valence-corrected chi connectivity index (χ0v) is 13.2. The number of halogens is 1. The molecule has 2 N–H and O–H groups in total. The molecule has 0 aliphatic heterocycles. The van der Waals surface area contributed by atoms with Gasteiger partial charge in [-0.05, 0) is 19.1 Å². The Hall–Kier alpha value is -2.73. The van der Waals surface area contributed by atoms with Crippen molar-refractivity contribution in [3.8, 4) is 5.75 Å². The monoisotopic (exact) mass is 331 g/mol. The minimum absolute atomic E-state index is 0.136. The minimum atomic E-state index is -1.02. The molecular formula is C18H18FNO4. The maximum Gasteiger partial charge on any atom is 0.292 e. The van der Waals surface area contributed by atoms with Crippen molar-refractivity contribution < 1.29 is 23.8 Å². The van der Waals surface area contributed by atoms with Crippen molar-refractivity contribution in [3.63, 3.8) is 0 Å². The van der Waals surface area contributed by atoms with Crippen LogP contribution in [0.4, 0.5) is 4.39 Å². The van der Waals surface area contributed by atoms with Gasteiger partial charge in [-0.25, -0.2) is 4.39 Å². The molecule has 2 rings (SSSR count). The van der Waals surface area contributed by atoms with Crippen molar-refractivity contribution in [3.05, 3.63) is 65.5 Å². The van der Waals surface area contributed by atoms with Gasteiger partial charge < -0.3 is 15.2 Å². The molecule has 1 amide bonds. The normalized spacial score (nSPS) is 11.6. The molecule has 2 aromatic carbocycles. The smallest absolute Gasteiger partial charge is 0.292 e. The Bertz CT molecular complexity index is 715. The molecule has 0 saturated heterocycles. The number of rotatable bonds is 7. The van der Waals surface area contributed by atoms with Crippen molar-refractivity contribution in [2.24, 2.45) is 0 Å². The number of ketones is 1. The van der Waals surface area contributed by atoms with Gasteiger partial charge in [0, 0.05) is 18.2 Å². The molecule has 0 aliphatic rings. The van der Waals surface area contributed by atoms with Crippen molar-refractivity contribution in [1.29, 1.82) is 0 Å². The van der Waals surface area contributed by atoms with E-state index < -0.39 is 23.6 Å². The van der Waals surface area contributed by atoms with E-state index >= 15 is 0 Å². The lowest BCUT2D eigenvalue weighted by molar-refractivity contribution is -0.117. The fourth-order valence-corrected chi connectivity index (χ4v) is 1.93. The van der Waals surface area contributed by atoms with Gasteiger partial charge in [-0.2, -0.15) is 0 Å². The van der Waals surface area contributed by atoms with Gasteiger partial charge in [0.1, 0.15) is 24.3 Å². The number of hydrogen-bond acceptors (Lipinski definition) is 4. The first-order chi connectivity index (χ1) is 11.5. The molecule has 6 heteroatoms. The molecule has 0 heterocycles. The molecule has 2 aromatic rings. The van der Waals surface area contributed by atoms with Crippen LogP contribution in [-0.2, 0) is 4.79 Å². The third-order valence-electron chi connectivity index (χ3n) is 3.26. The number of nitrogens with one attached hydrogen (secondary N) is 1. The summed E-state index contributed by atoms with van der Waals surface area (Å²) >= 11 is 0. The van der Waals surface area contributed by atoms with Crippen LogP contribution in [-0.4, -0.2) is 36.1 Å². The van der Waals surface area contributed by atoms with Crippen LogP contribution in [0.15, 0.2) is 48.5 Å². The van der Waals surface area contributed by atoms with Crippen LogP contribution in [0.1, 0.15) is 15.9 Å². The van der Waals surface area contributed by atoms with Gasteiger partial charge in [0.15, 0.2) is 0 Å².